The lowest BCUT2D eigenvalue weighted by molar-refractivity contribution is -0.137. The van der Waals surface area contributed by atoms with Crippen molar-refractivity contribution < 1.29 is 18.0 Å². The third-order valence-corrected chi connectivity index (χ3v) is 3.63. The molecule has 0 unspecified atom stereocenters. The van der Waals surface area contributed by atoms with Crippen LogP contribution in [0.4, 0.5) is 13.2 Å². The van der Waals surface area contributed by atoms with Crippen LogP contribution in [0.3, 0.4) is 0 Å². The Balaban J connectivity index is 2.24. The summed E-state index contributed by atoms with van der Waals surface area (Å²) >= 11 is 5.91. The summed E-state index contributed by atoms with van der Waals surface area (Å²) in [5.41, 5.74) is 0.803. The van der Waals surface area contributed by atoms with Crippen molar-refractivity contribution >= 4 is 28.8 Å². The number of hydrogen-bond donors (Lipinski definition) is 1. The fraction of sp³-hybridized carbons (Fsp3) is 0.0625. The van der Waals surface area contributed by atoms with E-state index in [9.17, 15) is 18.0 Å². The van der Waals surface area contributed by atoms with E-state index in [4.69, 9.17) is 11.6 Å². The molecule has 1 aromatic heterocycles. The molecule has 112 valence electrons. The van der Waals surface area contributed by atoms with E-state index >= 15 is 0 Å². The first kappa shape index (κ1) is 14.7. The van der Waals surface area contributed by atoms with Crippen LogP contribution in [0, 0.1) is 0 Å². The predicted octanol–water partition coefficient (Wildman–Crippen LogP) is 5.32. The first-order chi connectivity index (χ1) is 10.4. The number of fused-ring (bicyclic) bond motifs is 1. The van der Waals surface area contributed by atoms with Gasteiger partial charge in [0.1, 0.15) is 0 Å². The van der Waals surface area contributed by atoms with Crippen molar-refractivity contribution in [1.29, 1.82) is 0 Å². The van der Waals surface area contributed by atoms with E-state index in [0.29, 0.717) is 33.5 Å². The average Bonchev–Trinajstić information content (AvgIpc) is 2.84. The zero-order valence-corrected chi connectivity index (χ0v) is 11.8. The van der Waals surface area contributed by atoms with Crippen molar-refractivity contribution in [3.63, 3.8) is 0 Å². The topological polar surface area (TPSA) is 32.9 Å². The summed E-state index contributed by atoms with van der Waals surface area (Å²) in [6.45, 7) is 0. The van der Waals surface area contributed by atoms with Crippen molar-refractivity contribution in [3.8, 4) is 11.3 Å². The van der Waals surface area contributed by atoms with E-state index < -0.39 is 11.7 Å². The molecule has 2 nitrogen and oxygen atoms in total. The Morgan fingerprint density at radius 1 is 1.09 bits per heavy atom. The van der Waals surface area contributed by atoms with Gasteiger partial charge in [-0.05, 0) is 35.9 Å². The smallest absolute Gasteiger partial charge is 0.354 e. The largest absolute Gasteiger partial charge is 0.416 e. The summed E-state index contributed by atoms with van der Waals surface area (Å²) in [5, 5.41) is 1.03. The normalized spacial score (nSPS) is 11.8. The molecular formula is C16H9ClF3NO. The number of carbonyl (C=O) groups is 1. The van der Waals surface area contributed by atoms with Gasteiger partial charge in [0.25, 0.3) is 0 Å². The first-order valence-electron chi connectivity index (χ1n) is 6.34. The van der Waals surface area contributed by atoms with Crippen LogP contribution in [0.15, 0.2) is 42.5 Å². The number of benzene rings is 2. The van der Waals surface area contributed by atoms with Crippen LogP contribution in [-0.2, 0) is 6.18 Å². The van der Waals surface area contributed by atoms with E-state index in [-0.39, 0.29) is 5.56 Å². The standard InChI is InChI=1S/C16H9ClF3NO/c17-11-4-5-14-12(7-11)13(8-22)15(21-14)9-2-1-3-10(6-9)16(18,19)20/h1-8,21H. The van der Waals surface area contributed by atoms with Crippen LogP contribution in [0.2, 0.25) is 5.02 Å². The zero-order chi connectivity index (χ0) is 15.9. The second-order valence-electron chi connectivity index (χ2n) is 4.80. The molecular weight excluding hydrogens is 315 g/mol. The molecule has 0 fully saturated rings. The van der Waals surface area contributed by atoms with Gasteiger partial charge in [-0.2, -0.15) is 13.2 Å². The minimum Gasteiger partial charge on any atom is -0.354 e. The van der Waals surface area contributed by atoms with Gasteiger partial charge in [0, 0.05) is 21.5 Å². The summed E-state index contributed by atoms with van der Waals surface area (Å²) in [7, 11) is 0. The van der Waals surface area contributed by atoms with Crippen LogP contribution in [-0.4, -0.2) is 11.3 Å². The Labute approximate surface area is 128 Å². The number of aromatic nitrogens is 1. The molecule has 0 saturated heterocycles. The Hall–Kier alpha value is -2.27. The molecule has 22 heavy (non-hydrogen) atoms. The lowest BCUT2D eigenvalue weighted by Crippen LogP contribution is -2.04. The van der Waals surface area contributed by atoms with Gasteiger partial charge in [0.15, 0.2) is 6.29 Å². The van der Waals surface area contributed by atoms with E-state index in [0.717, 1.165) is 12.1 Å². The zero-order valence-electron chi connectivity index (χ0n) is 11.0. The minimum atomic E-state index is -4.44. The Kier molecular flexibility index (Phi) is 3.45. The van der Waals surface area contributed by atoms with Crippen molar-refractivity contribution in [2.75, 3.05) is 0 Å². The van der Waals surface area contributed by atoms with E-state index in [1.807, 2.05) is 0 Å². The molecule has 0 bridgehead atoms. The maximum absolute atomic E-state index is 12.8. The highest BCUT2D eigenvalue weighted by Gasteiger charge is 2.30. The van der Waals surface area contributed by atoms with E-state index in [1.54, 1.807) is 18.2 Å². The van der Waals surface area contributed by atoms with Crippen molar-refractivity contribution in [3.05, 3.63) is 58.6 Å². The fourth-order valence-corrected chi connectivity index (χ4v) is 2.56. The SMILES string of the molecule is O=Cc1c(-c2cccc(C(F)(F)F)c2)[nH]c2ccc(Cl)cc12. The molecule has 0 aliphatic heterocycles. The van der Waals surface area contributed by atoms with E-state index in [1.165, 1.54) is 12.1 Å². The number of hydrogen-bond acceptors (Lipinski definition) is 1. The quantitative estimate of drug-likeness (QED) is 0.636. The number of nitrogens with one attached hydrogen (secondary N) is 1. The van der Waals surface area contributed by atoms with Gasteiger partial charge in [-0.3, -0.25) is 4.79 Å². The summed E-state index contributed by atoms with van der Waals surface area (Å²) in [4.78, 5) is 14.4. The summed E-state index contributed by atoms with van der Waals surface area (Å²) in [6, 6.07) is 9.77. The number of halogens is 4. The predicted molar refractivity (Wildman–Crippen MR) is 79.1 cm³/mol. The van der Waals surface area contributed by atoms with Gasteiger partial charge < -0.3 is 4.98 Å². The summed E-state index contributed by atoms with van der Waals surface area (Å²) in [6.07, 6.45) is -3.82. The number of aldehydes is 1. The third kappa shape index (κ3) is 2.48. The minimum absolute atomic E-state index is 0.289. The molecule has 0 amide bonds. The second kappa shape index (κ2) is 5.18. The Morgan fingerprint density at radius 2 is 1.86 bits per heavy atom. The summed E-state index contributed by atoms with van der Waals surface area (Å²) in [5.74, 6) is 0. The molecule has 0 radical (unpaired) electrons. The van der Waals surface area contributed by atoms with Crippen LogP contribution < -0.4 is 0 Å². The van der Waals surface area contributed by atoms with Gasteiger partial charge in [0.05, 0.1) is 11.3 Å². The molecule has 1 heterocycles. The van der Waals surface area contributed by atoms with Gasteiger partial charge in [-0.15, -0.1) is 0 Å². The number of carbonyl (C=O) groups excluding carboxylic acids is 1. The van der Waals surface area contributed by atoms with Crippen molar-refractivity contribution in [2.24, 2.45) is 0 Å². The third-order valence-electron chi connectivity index (χ3n) is 3.40. The number of rotatable bonds is 2. The maximum atomic E-state index is 12.8. The number of H-pyrrole nitrogens is 1. The van der Waals surface area contributed by atoms with Crippen LogP contribution in [0.25, 0.3) is 22.2 Å². The molecule has 6 heteroatoms. The van der Waals surface area contributed by atoms with Crippen molar-refractivity contribution in [1.82, 2.24) is 4.98 Å². The average molecular weight is 324 g/mol. The number of aromatic amines is 1. The van der Waals surface area contributed by atoms with Crippen LogP contribution >= 0.6 is 11.6 Å². The van der Waals surface area contributed by atoms with Gasteiger partial charge in [-0.1, -0.05) is 23.7 Å². The molecule has 0 saturated carbocycles. The Morgan fingerprint density at radius 3 is 2.55 bits per heavy atom. The van der Waals surface area contributed by atoms with Gasteiger partial charge >= 0.3 is 6.18 Å². The first-order valence-corrected chi connectivity index (χ1v) is 6.72. The van der Waals surface area contributed by atoms with Crippen molar-refractivity contribution in [2.45, 2.75) is 6.18 Å². The molecule has 0 aliphatic carbocycles. The lowest BCUT2D eigenvalue weighted by atomic mass is 10.0. The van der Waals surface area contributed by atoms with Gasteiger partial charge in [-0.25, -0.2) is 0 Å². The van der Waals surface area contributed by atoms with E-state index in [2.05, 4.69) is 4.98 Å². The maximum Gasteiger partial charge on any atom is 0.416 e. The second-order valence-corrected chi connectivity index (χ2v) is 5.24. The molecule has 0 atom stereocenters. The molecule has 3 aromatic rings. The fourth-order valence-electron chi connectivity index (χ4n) is 2.39. The monoisotopic (exact) mass is 323 g/mol. The molecule has 0 aliphatic rings. The number of alkyl halides is 3. The molecule has 3 rings (SSSR count). The highest BCUT2D eigenvalue weighted by Crippen LogP contribution is 2.35. The molecule has 1 N–H and O–H groups in total. The summed E-state index contributed by atoms with van der Waals surface area (Å²) < 4.78 is 38.5. The molecule has 0 spiro atoms. The van der Waals surface area contributed by atoms with Gasteiger partial charge in [0.2, 0.25) is 0 Å². The highest BCUT2D eigenvalue weighted by molar-refractivity contribution is 6.31. The highest BCUT2D eigenvalue weighted by atomic mass is 35.5. The molecule has 2 aromatic carbocycles. The van der Waals surface area contributed by atoms with Crippen LogP contribution in [0.1, 0.15) is 15.9 Å². The van der Waals surface area contributed by atoms with Crippen LogP contribution in [0.5, 0.6) is 0 Å². The lowest BCUT2D eigenvalue weighted by Gasteiger charge is -2.08. The Bertz CT molecular complexity index is 867.